The van der Waals surface area contributed by atoms with Crippen LogP contribution in [0.3, 0.4) is 0 Å². The molecule has 3 rings (SSSR count). The topological polar surface area (TPSA) is 101 Å². The zero-order chi connectivity index (χ0) is 19.4. The lowest BCUT2D eigenvalue weighted by molar-refractivity contribution is -0.117. The molecule has 144 valence electrons. The number of aromatic nitrogens is 2. The quantitative estimate of drug-likeness (QED) is 0.825. The van der Waals surface area contributed by atoms with Crippen molar-refractivity contribution in [3.8, 4) is 5.75 Å². The third-order valence-electron chi connectivity index (χ3n) is 4.37. The van der Waals surface area contributed by atoms with Gasteiger partial charge < -0.3 is 24.4 Å². The van der Waals surface area contributed by atoms with Crippen molar-refractivity contribution in [2.24, 2.45) is 0 Å². The molecule has 1 fully saturated rings. The molecule has 0 radical (unpaired) electrons. The molecule has 0 spiro atoms. The predicted molar refractivity (Wildman–Crippen MR) is 97.4 cm³/mol. The van der Waals surface area contributed by atoms with Crippen LogP contribution in [0.2, 0.25) is 0 Å². The second-order valence-corrected chi connectivity index (χ2v) is 6.37. The van der Waals surface area contributed by atoms with Gasteiger partial charge in [-0.05, 0) is 24.3 Å². The maximum absolute atomic E-state index is 12.4. The van der Waals surface area contributed by atoms with E-state index in [4.69, 9.17) is 9.26 Å². The lowest BCUT2D eigenvalue weighted by Crippen LogP contribution is -2.44. The van der Waals surface area contributed by atoms with Crippen molar-refractivity contribution in [1.29, 1.82) is 0 Å². The highest BCUT2D eigenvalue weighted by atomic mass is 16.5. The van der Waals surface area contributed by atoms with Crippen molar-refractivity contribution in [3.63, 3.8) is 0 Å². The van der Waals surface area contributed by atoms with E-state index in [1.165, 1.54) is 4.90 Å². The van der Waals surface area contributed by atoms with E-state index in [0.29, 0.717) is 24.7 Å². The Morgan fingerprint density at radius 2 is 2.15 bits per heavy atom. The summed E-state index contributed by atoms with van der Waals surface area (Å²) in [6.07, 6.45) is 0.905. The van der Waals surface area contributed by atoms with Crippen LogP contribution in [0.25, 0.3) is 0 Å². The summed E-state index contributed by atoms with van der Waals surface area (Å²) >= 11 is 0. The Bertz CT molecular complexity index is 804. The van der Waals surface area contributed by atoms with Crippen molar-refractivity contribution in [1.82, 2.24) is 20.4 Å². The fourth-order valence-corrected chi connectivity index (χ4v) is 2.88. The van der Waals surface area contributed by atoms with E-state index in [2.05, 4.69) is 15.5 Å². The molecule has 1 aromatic carbocycles. The number of nitrogens with one attached hydrogen (secondary N) is 1. The number of anilines is 1. The highest BCUT2D eigenvalue weighted by Crippen LogP contribution is 2.24. The number of urea groups is 1. The fraction of sp³-hybridized carbons (Fsp3) is 0.444. The van der Waals surface area contributed by atoms with E-state index >= 15 is 0 Å². The molecule has 0 unspecified atom stereocenters. The van der Waals surface area contributed by atoms with Gasteiger partial charge in [0.05, 0.1) is 19.7 Å². The summed E-state index contributed by atoms with van der Waals surface area (Å²) in [6, 6.07) is 6.72. The molecule has 1 aromatic heterocycles. The number of rotatable bonds is 6. The van der Waals surface area contributed by atoms with Crippen molar-refractivity contribution in [3.05, 3.63) is 36.0 Å². The van der Waals surface area contributed by atoms with Crippen LogP contribution < -0.4 is 15.0 Å². The number of hydrogen-bond acceptors (Lipinski definition) is 6. The number of ether oxygens (including phenoxy) is 1. The van der Waals surface area contributed by atoms with E-state index in [9.17, 15) is 9.59 Å². The SMILES string of the molecule is CCc1nc(CN(C)C(=O)N[C@H]2CC(=O)N(c3ccc(OC)cc3)C2)no1. The Morgan fingerprint density at radius 1 is 1.41 bits per heavy atom. The van der Waals surface area contributed by atoms with Gasteiger partial charge in [0.1, 0.15) is 5.75 Å². The number of amides is 3. The number of benzene rings is 1. The average Bonchev–Trinajstić information content (AvgIpc) is 3.27. The van der Waals surface area contributed by atoms with E-state index in [1.54, 1.807) is 31.2 Å². The normalized spacial score (nSPS) is 16.5. The van der Waals surface area contributed by atoms with E-state index in [-0.39, 0.29) is 30.9 Å². The molecule has 3 amide bonds. The Balaban J connectivity index is 1.55. The molecule has 27 heavy (non-hydrogen) atoms. The second kappa shape index (κ2) is 8.07. The number of hydrogen-bond donors (Lipinski definition) is 1. The van der Waals surface area contributed by atoms with Crippen LogP contribution in [0, 0.1) is 0 Å². The summed E-state index contributed by atoms with van der Waals surface area (Å²) in [4.78, 5) is 32.0. The number of aryl methyl sites for hydroxylation is 1. The first-order valence-corrected chi connectivity index (χ1v) is 8.77. The molecular weight excluding hydrogens is 350 g/mol. The third-order valence-corrected chi connectivity index (χ3v) is 4.37. The van der Waals surface area contributed by atoms with Crippen LogP contribution in [-0.2, 0) is 17.8 Å². The standard InChI is InChI=1S/C18H23N5O4/c1-4-16-20-15(21-27-16)11-22(2)18(25)19-12-9-17(24)23(10-12)13-5-7-14(26-3)8-6-13/h5-8,12H,4,9-11H2,1-3H3,(H,19,25)/t12-/m0/s1. The number of nitrogens with zero attached hydrogens (tertiary/aromatic N) is 4. The van der Waals surface area contributed by atoms with Gasteiger partial charge in [0.2, 0.25) is 11.8 Å². The monoisotopic (exact) mass is 373 g/mol. The van der Waals surface area contributed by atoms with Gasteiger partial charge in [-0.3, -0.25) is 4.79 Å². The van der Waals surface area contributed by atoms with Crippen LogP contribution in [0.4, 0.5) is 10.5 Å². The summed E-state index contributed by atoms with van der Waals surface area (Å²) in [7, 11) is 3.24. The summed E-state index contributed by atoms with van der Waals surface area (Å²) in [5, 5.41) is 6.72. The van der Waals surface area contributed by atoms with Gasteiger partial charge in [-0.25, -0.2) is 4.79 Å². The molecular formula is C18H23N5O4. The third kappa shape index (κ3) is 4.36. The van der Waals surface area contributed by atoms with Crippen molar-refractivity contribution in [2.45, 2.75) is 32.4 Å². The van der Waals surface area contributed by atoms with Gasteiger partial charge in [-0.15, -0.1) is 0 Å². The van der Waals surface area contributed by atoms with Crippen molar-refractivity contribution >= 4 is 17.6 Å². The number of carbonyl (C=O) groups is 2. The summed E-state index contributed by atoms with van der Waals surface area (Å²) in [5.41, 5.74) is 0.782. The predicted octanol–water partition coefficient (Wildman–Crippen LogP) is 1.59. The average molecular weight is 373 g/mol. The van der Waals surface area contributed by atoms with Crippen LogP contribution >= 0.6 is 0 Å². The Hall–Kier alpha value is -3.10. The van der Waals surface area contributed by atoms with Gasteiger partial charge in [0.15, 0.2) is 5.82 Å². The minimum atomic E-state index is -0.285. The first-order chi connectivity index (χ1) is 13.0. The highest BCUT2D eigenvalue weighted by Gasteiger charge is 2.32. The second-order valence-electron chi connectivity index (χ2n) is 6.37. The van der Waals surface area contributed by atoms with Gasteiger partial charge in [-0.2, -0.15) is 4.98 Å². The van der Waals surface area contributed by atoms with Gasteiger partial charge in [-0.1, -0.05) is 12.1 Å². The summed E-state index contributed by atoms with van der Waals surface area (Å²) < 4.78 is 10.2. The van der Waals surface area contributed by atoms with Crippen LogP contribution in [0.1, 0.15) is 25.1 Å². The van der Waals surface area contributed by atoms with Crippen molar-refractivity contribution in [2.75, 3.05) is 25.6 Å². The minimum absolute atomic E-state index is 0.0288. The smallest absolute Gasteiger partial charge is 0.317 e. The highest BCUT2D eigenvalue weighted by molar-refractivity contribution is 5.96. The van der Waals surface area contributed by atoms with Crippen molar-refractivity contribution < 1.29 is 18.8 Å². The molecule has 9 nitrogen and oxygen atoms in total. The molecule has 1 aliphatic rings. The molecule has 0 aliphatic carbocycles. The maximum atomic E-state index is 12.4. The molecule has 1 N–H and O–H groups in total. The van der Waals surface area contributed by atoms with Crippen LogP contribution in [-0.4, -0.2) is 53.7 Å². The zero-order valence-corrected chi connectivity index (χ0v) is 15.6. The summed E-state index contributed by atoms with van der Waals surface area (Å²) in [6.45, 7) is 2.57. The lowest BCUT2D eigenvalue weighted by Gasteiger charge is -2.20. The zero-order valence-electron chi connectivity index (χ0n) is 15.6. The molecule has 1 atom stereocenters. The molecule has 0 bridgehead atoms. The number of carbonyl (C=O) groups excluding carboxylic acids is 2. The van der Waals surface area contributed by atoms with Crippen LogP contribution in [0.5, 0.6) is 5.75 Å². The first kappa shape index (κ1) is 18.7. The maximum Gasteiger partial charge on any atom is 0.317 e. The largest absolute Gasteiger partial charge is 0.497 e. The Kier molecular flexibility index (Phi) is 5.58. The summed E-state index contributed by atoms with van der Waals surface area (Å²) in [5.74, 6) is 1.69. The van der Waals surface area contributed by atoms with E-state index in [0.717, 1.165) is 11.4 Å². The van der Waals surface area contributed by atoms with Gasteiger partial charge >= 0.3 is 6.03 Å². The van der Waals surface area contributed by atoms with Gasteiger partial charge in [0, 0.05) is 32.1 Å². The van der Waals surface area contributed by atoms with E-state index in [1.807, 2.05) is 19.1 Å². The Morgan fingerprint density at radius 3 is 2.78 bits per heavy atom. The fourth-order valence-electron chi connectivity index (χ4n) is 2.88. The van der Waals surface area contributed by atoms with Crippen LogP contribution in [0.15, 0.2) is 28.8 Å². The Labute approximate surface area is 157 Å². The minimum Gasteiger partial charge on any atom is -0.497 e. The number of methoxy groups -OCH3 is 1. The molecule has 1 saturated heterocycles. The molecule has 9 heteroatoms. The molecule has 2 aromatic rings. The van der Waals surface area contributed by atoms with E-state index < -0.39 is 0 Å². The molecule has 0 saturated carbocycles. The molecule has 1 aliphatic heterocycles. The lowest BCUT2D eigenvalue weighted by atomic mass is 10.2. The molecule has 2 heterocycles. The van der Waals surface area contributed by atoms with Gasteiger partial charge in [0.25, 0.3) is 0 Å². The first-order valence-electron chi connectivity index (χ1n) is 8.77.